The van der Waals surface area contributed by atoms with Crippen molar-refractivity contribution in [2.24, 2.45) is 0 Å². The smallest absolute Gasteiger partial charge is 0.0733 e. The van der Waals surface area contributed by atoms with Crippen LogP contribution in [-0.2, 0) is 4.74 Å². The molecule has 1 aromatic carbocycles. The highest BCUT2D eigenvalue weighted by molar-refractivity contribution is 5.31. The molecule has 3 atom stereocenters. The zero-order valence-electron chi connectivity index (χ0n) is 11.6. The van der Waals surface area contributed by atoms with Crippen molar-refractivity contribution in [2.75, 3.05) is 0 Å². The zero-order chi connectivity index (χ0) is 12.8. The van der Waals surface area contributed by atoms with E-state index in [4.69, 9.17) is 4.74 Å². The fraction of sp³-hybridized carbons (Fsp3) is 0.647. The molecule has 0 spiro atoms. The summed E-state index contributed by atoms with van der Waals surface area (Å²) in [5.74, 6) is 0.776. The highest BCUT2D eigenvalue weighted by Gasteiger charge is 2.43. The molecule has 2 saturated heterocycles. The molecule has 19 heavy (non-hydrogen) atoms. The second-order valence-corrected chi connectivity index (χ2v) is 6.60. The third kappa shape index (κ3) is 2.11. The summed E-state index contributed by atoms with van der Waals surface area (Å²) in [5, 5.41) is 3.84. The highest BCUT2D eigenvalue weighted by atomic mass is 16.5. The van der Waals surface area contributed by atoms with Crippen LogP contribution in [0.25, 0.3) is 0 Å². The van der Waals surface area contributed by atoms with Crippen LogP contribution in [0, 0.1) is 6.92 Å². The highest BCUT2D eigenvalue weighted by Crippen LogP contribution is 2.41. The molecule has 2 bridgehead atoms. The lowest BCUT2D eigenvalue weighted by atomic mass is 9.74. The second-order valence-electron chi connectivity index (χ2n) is 6.60. The molecule has 1 aromatic rings. The Morgan fingerprint density at radius 2 is 1.95 bits per heavy atom. The number of rotatable bonds is 3. The molecular weight excluding hydrogens is 234 g/mol. The average Bonchev–Trinajstić information content (AvgIpc) is 2.96. The minimum absolute atomic E-state index is 0.516. The Morgan fingerprint density at radius 1 is 1.11 bits per heavy atom. The van der Waals surface area contributed by atoms with E-state index in [-0.39, 0.29) is 0 Å². The van der Waals surface area contributed by atoms with Gasteiger partial charge in [-0.1, -0.05) is 24.3 Å². The Bertz CT molecular complexity index is 466. The van der Waals surface area contributed by atoms with Crippen molar-refractivity contribution in [3.8, 4) is 0 Å². The van der Waals surface area contributed by atoms with Gasteiger partial charge in [0, 0.05) is 12.1 Å². The van der Waals surface area contributed by atoms with Crippen LogP contribution in [0.3, 0.4) is 0 Å². The SMILES string of the molecule is Cc1ccccc1C1CC(NC2CC3CCC2O3)C1. The fourth-order valence-electron chi connectivity index (χ4n) is 4.17. The van der Waals surface area contributed by atoms with Gasteiger partial charge in [-0.25, -0.2) is 0 Å². The summed E-state index contributed by atoms with van der Waals surface area (Å²) in [6.45, 7) is 2.24. The normalized spacial score (nSPS) is 40.4. The molecule has 102 valence electrons. The van der Waals surface area contributed by atoms with E-state index in [1.54, 1.807) is 5.56 Å². The van der Waals surface area contributed by atoms with E-state index in [9.17, 15) is 0 Å². The van der Waals surface area contributed by atoms with E-state index in [1.807, 2.05) is 0 Å². The van der Waals surface area contributed by atoms with Crippen molar-refractivity contribution in [1.82, 2.24) is 5.32 Å². The first-order chi connectivity index (χ1) is 9.29. The van der Waals surface area contributed by atoms with Crippen molar-refractivity contribution in [1.29, 1.82) is 0 Å². The monoisotopic (exact) mass is 257 g/mol. The Kier molecular flexibility index (Phi) is 2.89. The number of hydrogen-bond donors (Lipinski definition) is 1. The molecule has 2 nitrogen and oxygen atoms in total. The zero-order valence-corrected chi connectivity index (χ0v) is 11.6. The maximum Gasteiger partial charge on any atom is 0.0733 e. The molecule has 2 aliphatic heterocycles. The minimum atomic E-state index is 0.516. The van der Waals surface area contributed by atoms with E-state index in [2.05, 4.69) is 36.5 Å². The standard InChI is InChI=1S/C17H23NO/c1-11-4-2-3-5-15(11)12-8-13(9-12)18-16-10-14-6-7-17(16)19-14/h2-5,12-14,16-18H,6-10H2,1H3. The molecule has 0 aromatic heterocycles. The van der Waals surface area contributed by atoms with E-state index >= 15 is 0 Å². The summed E-state index contributed by atoms with van der Waals surface area (Å²) < 4.78 is 5.92. The predicted octanol–water partition coefficient (Wildman–Crippen LogP) is 3.15. The number of aryl methyl sites for hydroxylation is 1. The van der Waals surface area contributed by atoms with E-state index in [0.717, 1.165) is 12.0 Å². The lowest BCUT2D eigenvalue weighted by molar-refractivity contribution is 0.0931. The average molecular weight is 257 g/mol. The van der Waals surface area contributed by atoms with Gasteiger partial charge in [0.15, 0.2) is 0 Å². The van der Waals surface area contributed by atoms with Crippen molar-refractivity contribution < 1.29 is 4.74 Å². The van der Waals surface area contributed by atoms with Gasteiger partial charge in [0.05, 0.1) is 12.2 Å². The number of fused-ring (bicyclic) bond motifs is 2. The van der Waals surface area contributed by atoms with Crippen LogP contribution in [0.1, 0.15) is 49.1 Å². The topological polar surface area (TPSA) is 21.3 Å². The first kappa shape index (κ1) is 11.9. The lowest BCUT2D eigenvalue weighted by Gasteiger charge is -2.39. The molecule has 3 unspecified atom stereocenters. The van der Waals surface area contributed by atoms with E-state index in [1.165, 1.54) is 37.7 Å². The molecule has 2 heteroatoms. The second kappa shape index (κ2) is 4.60. The van der Waals surface area contributed by atoms with Gasteiger partial charge < -0.3 is 10.1 Å². The van der Waals surface area contributed by atoms with Crippen LogP contribution >= 0.6 is 0 Å². The first-order valence-corrected chi connectivity index (χ1v) is 7.76. The van der Waals surface area contributed by atoms with E-state index in [0.29, 0.717) is 18.2 Å². The quantitative estimate of drug-likeness (QED) is 0.898. The van der Waals surface area contributed by atoms with Gasteiger partial charge >= 0.3 is 0 Å². The van der Waals surface area contributed by atoms with Gasteiger partial charge in [-0.3, -0.25) is 0 Å². The third-order valence-electron chi connectivity index (χ3n) is 5.32. The predicted molar refractivity (Wildman–Crippen MR) is 76.4 cm³/mol. The summed E-state index contributed by atoms with van der Waals surface area (Å²) >= 11 is 0. The molecule has 4 rings (SSSR count). The molecule has 3 aliphatic rings. The summed E-state index contributed by atoms with van der Waals surface area (Å²) in [5.41, 5.74) is 3.01. The molecular formula is C17H23NO. The molecule has 0 amide bonds. The van der Waals surface area contributed by atoms with Crippen LogP contribution in [0.2, 0.25) is 0 Å². The number of benzene rings is 1. The Labute approximate surface area is 115 Å². The van der Waals surface area contributed by atoms with Gasteiger partial charge in [-0.15, -0.1) is 0 Å². The van der Waals surface area contributed by atoms with Crippen molar-refractivity contribution in [3.05, 3.63) is 35.4 Å². The van der Waals surface area contributed by atoms with Gasteiger partial charge in [-0.05, 0) is 56.1 Å². The maximum atomic E-state index is 5.92. The van der Waals surface area contributed by atoms with Gasteiger partial charge in [-0.2, -0.15) is 0 Å². The number of hydrogen-bond acceptors (Lipinski definition) is 2. The van der Waals surface area contributed by atoms with Crippen molar-refractivity contribution in [2.45, 2.75) is 69.2 Å². The van der Waals surface area contributed by atoms with Gasteiger partial charge in [0.1, 0.15) is 0 Å². The minimum Gasteiger partial charge on any atom is -0.373 e. The lowest BCUT2D eigenvalue weighted by Crippen LogP contribution is -2.49. The van der Waals surface area contributed by atoms with Crippen LogP contribution < -0.4 is 5.32 Å². The molecule has 1 aliphatic carbocycles. The van der Waals surface area contributed by atoms with Crippen molar-refractivity contribution in [3.63, 3.8) is 0 Å². The third-order valence-corrected chi connectivity index (χ3v) is 5.32. The van der Waals surface area contributed by atoms with Crippen LogP contribution in [0.4, 0.5) is 0 Å². The summed E-state index contributed by atoms with van der Waals surface area (Å²) in [6, 6.07) is 10.2. The first-order valence-electron chi connectivity index (χ1n) is 7.76. The van der Waals surface area contributed by atoms with Crippen LogP contribution in [0.15, 0.2) is 24.3 Å². The Morgan fingerprint density at radius 3 is 2.63 bits per heavy atom. The molecule has 1 N–H and O–H groups in total. The molecule has 3 fully saturated rings. The largest absolute Gasteiger partial charge is 0.373 e. The van der Waals surface area contributed by atoms with Crippen molar-refractivity contribution >= 4 is 0 Å². The maximum absolute atomic E-state index is 5.92. The Balaban J connectivity index is 1.32. The Hall–Kier alpha value is -0.860. The molecule has 2 heterocycles. The van der Waals surface area contributed by atoms with Gasteiger partial charge in [0.2, 0.25) is 0 Å². The summed E-state index contributed by atoms with van der Waals surface area (Å²) in [4.78, 5) is 0. The van der Waals surface area contributed by atoms with Crippen LogP contribution in [-0.4, -0.2) is 24.3 Å². The van der Waals surface area contributed by atoms with E-state index < -0.39 is 0 Å². The summed E-state index contributed by atoms with van der Waals surface area (Å²) in [7, 11) is 0. The number of nitrogens with one attached hydrogen (secondary N) is 1. The molecule has 1 saturated carbocycles. The summed E-state index contributed by atoms with van der Waals surface area (Å²) in [6.07, 6.45) is 7.50. The van der Waals surface area contributed by atoms with Crippen LogP contribution in [0.5, 0.6) is 0 Å². The molecule has 0 radical (unpaired) electrons. The fourth-order valence-corrected chi connectivity index (χ4v) is 4.17. The number of ether oxygens (including phenoxy) is 1. The van der Waals surface area contributed by atoms with Gasteiger partial charge in [0.25, 0.3) is 0 Å².